The molecule has 28 heavy (non-hydrogen) atoms. The molecule has 0 fully saturated rings. The van der Waals surface area contributed by atoms with Crippen molar-refractivity contribution >= 4 is 29.7 Å². The van der Waals surface area contributed by atoms with Crippen LogP contribution in [0.25, 0.3) is 0 Å². The Morgan fingerprint density at radius 1 is 0.929 bits per heavy atom. The van der Waals surface area contributed by atoms with Gasteiger partial charge in [-0.3, -0.25) is 9.59 Å². The van der Waals surface area contributed by atoms with Gasteiger partial charge in [-0.1, -0.05) is 12.1 Å². The summed E-state index contributed by atoms with van der Waals surface area (Å²) < 4.78 is 14.8. The summed E-state index contributed by atoms with van der Waals surface area (Å²) in [7, 11) is 4.21. The van der Waals surface area contributed by atoms with Crippen molar-refractivity contribution in [1.82, 2.24) is 5.43 Å². The van der Waals surface area contributed by atoms with Crippen molar-refractivity contribution in [3.8, 4) is 11.5 Å². The standard InChI is InChI=1S/C19H19N3O6/c1-26-14-8-9-16(27-2)15(10-14)21-17(23)18(24)22-20-11-12-4-6-13(7-5-12)19(25)28-3/h4-11H,1-3H3,(H,21,23)(H,22,24)/b20-11+. The number of ether oxygens (including phenoxy) is 3. The van der Waals surface area contributed by atoms with Gasteiger partial charge in [0.25, 0.3) is 0 Å². The third kappa shape index (κ3) is 5.31. The molecule has 0 bridgehead atoms. The molecule has 0 aliphatic carbocycles. The number of benzene rings is 2. The van der Waals surface area contributed by atoms with Gasteiger partial charge in [-0.25, -0.2) is 10.2 Å². The Morgan fingerprint density at radius 2 is 1.64 bits per heavy atom. The first kappa shape index (κ1) is 20.4. The number of nitrogens with zero attached hydrogens (tertiary/aromatic N) is 1. The minimum absolute atomic E-state index is 0.282. The van der Waals surface area contributed by atoms with Crippen LogP contribution in [0.5, 0.6) is 11.5 Å². The van der Waals surface area contributed by atoms with Gasteiger partial charge in [0, 0.05) is 6.07 Å². The number of amides is 2. The quantitative estimate of drug-likeness (QED) is 0.338. The van der Waals surface area contributed by atoms with Gasteiger partial charge >= 0.3 is 17.8 Å². The summed E-state index contributed by atoms with van der Waals surface area (Å²) in [5, 5.41) is 6.15. The Bertz CT molecular complexity index is 893. The van der Waals surface area contributed by atoms with E-state index in [2.05, 4.69) is 20.6 Å². The van der Waals surface area contributed by atoms with Crippen LogP contribution < -0.4 is 20.2 Å². The Morgan fingerprint density at radius 3 is 2.25 bits per heavy atom. The van der Waals surface area contributed by atoms with E-state index < -0.39 is 17.8 Å². The van der Waals surface area contributed by atoms with Crippen molar-refractivity contribution in [1.29, 1.82) is 0 Å². The highest BCUT2D eigenvalue weighted by Crippen LogP contribution is 2.28. The number of hydrogen-bond donors (Lipinski definition) is 2. The number of rotatable bonds is 6. The van der Waals surface area contributed by atoms with Crippen LogP contribution in [0.1, 0.15) is 15.9 Å². The molecule has 0 unspecified atom stereocenters. The summed E-state index contributed by atoms with van der Waals surface area (Å²) in [6.45, 7) is 0. The summed E-state index contributed by atoms with van der Waals surface area (Å²) in [5.74, 6) is -1.49. The van der Waals surface area contributed by atoms with Crippen LogP contribution in [0.15, 0.2) is 47.6 Å². The molecule has 9 heteroatoms. The summed E-state index contributed by atoms with van der Waals surface area (Å²) in [5.41, 5.74) is 3.40. The van der Waals surface area contributed by atoms with Gasteiger partial charge in [0.15, 0.2) is 0 Å². The number of methoxy groups -OCH3 is 3. The van der Waals surface area contributed by atoms with Gasteiger partial charge in [0.05, 0.1) is 38.8 Å². The molecule has 0 aliphatic heterocycles. The maximum Gasteiger partial charge on any atom is 0.337 e. The Balaban J connectivity index is 1.96. The first-order chi connectivity index (χ1) is 13.5. The minimum Gasteiger partial charge on any atom is -0.497 e. The van der Waals surface area contributed by atoms with Gasteiger partial charge in [-0.2, -0.15) is 5.10 Å². The van der Waals surface area contributed by atoms with Crippen LogP contribution in [-0.4, -0.2) is 45.3 Å². The molecule has 2 rings (SSSR count). The fourth-order valence-electron chi connectivity index (χ4n) is 2.13. The van der Waals surface area contributed by atoms with Crippen LogP contribution >= 0.6 is 0 Å². The zero-order valence-electron chi connectivity index (χ0n) is 15.5. The molecule has 146 valence electrons. The average Bonchev–Trinajstić information content (AvgIpc) is 2.73. The van der Waals surface area contributed by atoms with Gasteiger partial charge in [-0.15, -0.1) is 0 Å². The van der Waals surface area contributed by atoms with Crippen molar-refractivity contribution in [2.75, 3.05) is 26.6 Å². The van der Waals surface area contributed by atoms with Crippen molar-refractivity contribution in [3.63, 3.8) is 0 Å². The maximum absolute atomic E-state index is 12.0. The molecule has 0 spiro atoms. The average molecular weight is 385 g/mol. The molecule has 0 radical (unpaired) electrons. The first-order valence-corrected chi connectivity index (χ1v) is 8.03. The molecule has 2 amide bonds. The largest absolute Gasteiger partial charge is 0.497 e. The van der Waals surface area contributed by atoms with Crippen LogP contribution in [0.3, 0.4) is 0 Å². The van der Waals surface area contributed by atoms with Gasteiger partial charge in [0.1, 0.15) is 11.5 Å². The molecule has 0 heterocycles. The number of hydrogen-bond acceptors (Lipinski definition) is 7. The number of carbonyl (C=O) groups is 3. The fraction of sp³-hybridized carbons (Fsp3) is 0.158. The van der Waals surface area contributed by atoms with E-state index in [1.807, 2.05) is 0 Å². The molecule has 0 aromatic heterocycles. The van der Waals surface area contributed by atoms with Gasteiger partial charge in [0.2, 0.25) is 0 Å². The first-order valence-electron chi connectivity index (χ1n) is 8.03. The Kier molecular flexibility index (Phi) is 7.09. The SMILES string of the molecule is COC(=O)c1ccc(/C=N/NC(=O)C(=O)Nc2cc(OC)ccc2OC)cc1. The number of esters is 1. The highest BCUT2D eigenvalue weighted by Gasteiger charge is 2.16. The van der Waals surface area contributed by atoms with Crippen molar-refractivity contribution < 1.29 is 28.6 Å². The van der Waals surface area contributed by atoms with Crippen LogP contribution in [0.2, 0.25) is 0 Å². The molecular formula is C19H19N3O6. The zero-order valence-corrected chi connectivity index (χ0v) is 15.5. The highest BCUT2D eigenvalue weighted by molar-refractivity contribution is 6.39. The van der Waals surface area contributed by atoms with Crippen LogP contribution in [-0.2, 0) is 14.3 Å². The van der Waals surface area contributed by atoms with Crippen LogP contribution in [0.4, 0.5) is 5.69 Å². The molecule has 2 N–H and O–H groups in total. The van der Waals surface area contributed by atoms with Crippen molar-refractivity contribution in [2.45, 2.75) is 0 Å². The molecule has 2 aromatic carbocycles. The van der Waals surface area contributed by atoms with E-state index in [0.29, 0.717) is 22.6 Å². The molecule has 2 aromatic rings. The normalized spacial score (nSPS) is 10.2. The topological polar surface area (TPSA) is 115 Å². The van der Waals surface area contributed by atoms with Crippen LogP contribution in [0, 0.1) is 0 Å². The third-order valence-electron chi connectivity index (χ3n) is 3.57. The fourth-order valence-corrected chi connectivity index (χ4v) is 2.13. The molecule has 0 saturated carbocycles. The minimum atomic E-state index is -0.965. The second-order valence-corrected chi connectivity index (χ2v) is 5.33. The molecule has 0 saturated heterocycles. The third-order valence-corrected chi connectivity index (χ3v) is 3.57. The lowest BCUT2D eigenvalue weighted by atomic mass is 10.1. The number of anilines is 1. The van der Waals surface area contributed by atoms with E-state index in [1.165, 1.54) is 33.6 Å². The van der Waals surface area contributed by atoms with Crippen molar-refractivity contribution in [3.05, 3.63) is 53.6 Å². The molecule has 0 atom stereocenters. The lowest BCUT2D eigenvalue weighted by Crippen LogP contribution is -2.32. The number of nitrogens with one attached hydrogen (secondary N) is 2. The highest BCUT2D eigenvalue weighted by atomic mass is 16.5. The second-order valence-electron chi connectivity index (χ2n) is 5.33. The van der Waals surface area contributed by atoms with Gasteiger partial charge in [-0.05, 0) is 29.8 Å². The van der Waals surface area contributed by atoms with E-state index in [1.54, 1.807) is 36.4 Å². The lowest BCUT2D eigenvalue weighted by molar-refractivity contribution is -0.136. The smallest absolute Gasteiger partial charge is 0.337 e. The van der Waals surface area contributed by atoms with E-state index in [0.717, 1.165) is 0 Å². The lowest BCUT2D eigenvalue weighted by Gasteiger charge is -2.11. The van der Waals surface area contributed by atoms with E-state index >= 15 is 0 Å². The maximum atomic E-state index is 12.0. The molecular weight excluding hydrogens is 366 g/mol. The molecule has 9 nitrogen and oxygen atoms in total. The summed E-state index contributed by atoms with van der Waals surface area (Å²) in [6, 6.07) is 11.1. The predicted octanol–water partition coefficient (Wildman–Crippen LogP) is 1.58. The zero-order chi connectivity index (χ0) is 20.5. The monoisotopic (exact) mass is 385 g/mol. The summed E-state index contributed by atoms with van der Waals surface area (Å²) in [4.78, 5) is 35.3. The van der Waals surface area contributed by atoms with E-state index in [-0.39, 0.29) is 5.69 Å². The second kappa shape index (κ2) is 9.72. The predicted molar refractivity (Wildman–Crippen MR) is 102 cm³/mol. The Hall–Kier alpha value is -3.88. The van der Waals surface area contributed by atoms with E-state index in [9.17, 15) is 14.4 Å². The molecule has 0 aliphatic rings. The van der Waals surface area contributed by atoms with E-state index in [4.69, 9.17) is 9.47 Å². The van der Waals surface area contributed by atoms with Gasteiger partial charge < -0.3 is 19.5 Å². The number of hydrazone groups is 1. The summed E-state index contributed by atoms with van der Waals surface area (Å²) >= 11 is 0. The van der Waals surface area contributed by atoms with Crippen molar-refractivity contribution in [2.24, 2.45) is 5.10 Å². The number of carbonyl (C=O) groups excluding carboxylic acids is 3. The Labute approximate surface area is 161 Å². The summed E-state index contributed by atoms with van der Waals surface area (Å²) in [6.07, 6.45) is 1.33.